The zero-order valence-electron chi connectivity index (χ0n) is 17.7. The molecule has 1 N–H and O–H groups in total. The predicted octanol–water partition coefficient (Wildman–Crippen LogP) is 4.56. The molecule has 0 aliphatic heterocycles. The first kappa shape index (κ1) is 22.2. The topological polar surface area (TPSA) is 58.1 Å². The number of nitrogens with zero attached hydrogens (tertiary/aromatic N) is 3. The van der Waals surface area contributed by atoms with Crippen LogP contribution in [0.15, 0.2) is 35.5 Å². The summed E-state index contributed by atoms with van der Waals surface area (Å²) in [6.45, 7) is 10.1. The number of aromatic nitrogens is 2. The summed E-state index contributed by atoms with van der Waals surface area (Å²) >= 11 is 1.61. The van der Waals surface area contributed by atoms with Crippen LogP contribution in [0, 0.1) is 5.92 Å². The van der Waals surface area contributed by atoms with Crippen molar-refractivity contribution in [2.24, 2.45) is 5.92 Å². The fourth-order valence-electron chi connectivity index (χ4n) is 2.70. The van der Waals surface area contributed by atoms with E-state index in [2.05, 4.69) is 56.0 Å². The maximum absolute atomic E-state index is 12.3. The standard InChI is InChI=1S/C22H32N4OS/c1-6-11-26(5)20-13-19(7-2)24-22(25-20)28-15-17-9-8-10-18(12-17)21(27)23-14-16(3)4/h8-10,12-13,16H,6-7,11,14-15H2,1-5H3,(H,23,27). The van der Waals surface area contributed by atoms with Gasteiger partial charge in [0.2, 0.25) is 0 Å². The van der Waals surface area contributed by atoms with E-state index in [1.165, 1.54) is 0 Å². The first-order chi connectivity index (χ1) is 13.4. The van der Waals surface area contributed by atoms with Crippen molar-refractivity contribution in [1.82, 2.24) is 15.3 Å². The highest BCUT2D eigenvalue weighted by atomic mass is 32.2. The van der Waals surface area contributed by atoms with Crippen LogP contribution in [0.5, 0.6) is 0 Å². The van der Waals surface area contributed by atoms with Crippen LogP contribution in [0.25, 0.3) is 0 Å². The highest BCUT2D eigenvalue weighted by molar-refractivity contribution is 7.98. The lowest BCUT2D eigenvalue weighted by molar-refractivity contribution is 0.0949. The number of carbonyl (C=O) groups excluding carboxylic acids is 1. The second-order valence-corrected chi connectivity index (χ2v) is 8.31. The molecule has 0 saturated carbocycles. The van der Waals surface area contributed by atoms with Crippen LogP contribution >= 0.6 is 11.8 Å². The van der Waals surface area contributed by atoms with Crippen LogP contribution in [0.2, 0.25) is 0 Å². The van der Waals surface area contributed by atoms with Crippen LogP contribution in [0.1, 0.15) is 55.7 Å². The van der Waals surface area contributed by atoms with Gasteiger partial charge in [0.25, 0.3) is 5.91 Å². The molecule has 0 aliphatic carbocycles. The Balaban J connectivity index is 2.08. The van der Waals surface area contributed by atoms with E-state index in [0.717, 1.165) is 47.4 Å². The average molecular weight is 401 g/mol. The minimum Gasteiger partial charge on any atom is -0.360 e. The second-order valence-electron chi connectivity index (χ2n) is 7.37. The van der Waals surface area contributed by atoms with Crippen LogP contribution < -0.4 is 10.2 Å². The number of amides is 1. The summed E-state index contributed by atoms with van der Waals surface area (Å²) in [6, 6.07) is 9.86. The summed E-state index contributed by atoms with van der Waals surface area (Å²) in [6.07, 6.45) is 1.96. The van der Waals surface area contributed by atoms with Crippen molar-refractivity contribution in [3.8, 4) is 0 Å². The van der Waals surface area contributed by atoms with E-state index in [1.807, 2.05) is 24.3 Å². The monoisotopic (exact) mass is 400 g/mol. The molecule has 0 atom stereocenters. The lowest BCUT2D eigenvalue weighted by Gasteiger charge is -2.18. The number of nitrogens with one attached hydrogen (secondary N) is 1. The first-order valence-electron chi connectivity index (χ1n) is 10.0. The van der Waals surface area contributed by atoms with E-state index in [0.29, 0.717) is 18.0 Å². The van der Waals surface area contributed by atoms with Crippen molar-refractivity contribution in [3.05, 3.63) is 47.2 Å². The average Bonchev–Trinajstić information content (AvgIpc) is 2.70. The Hall–Kier alpha value is -2.08. The molecule has 2 rings (SSSR count). The molecule has 1 aromatic heterocycles. The van der Waals surface area contributed by atoms with Gasteiger partial charge in [0.05, 0.1) is 0 Å². The maximum Gasteiger partial charge on any atom is 0.251 e. The van der Waals surface area contributed by atoms with E-state index < -0.39 is 0 Å². The number of hydrogen-bond donors (Lipinski definition) is 1. The number of rotatable bonds is 10. The van der Waals surface area contributed by atoms with Crippen LogP contribution in [-0.2, 0) is 12.2 Å². The van der Waals surface area contributed by atoms with Gasteiger partial charge in [-0.25, -0.2) is 9.97 Å². The Labute approximate surface area is 173 Å². The number of thioether (sulfide) groups is 1. The van der Waals surface area contributed by atoms with Crippen LogP contribution in [-0.4, -0.2) is 36.0 Å². The fourth-order valence-corrected chi connectivity index (χ4v) is 3.51. The number of hydrogen-bond acceptors (Lipinski definition) is 5. The normalized spacial score (nSPS) is 10.9. The molecule has 0 fully saturated rings. The molecule has 0 bridgehead atoms. The third-order valence-corrected chi connectivity index (χ3v) is 5.20. The lowest BCUT2D eigenvalue weighted by Crippen LogP contribution is -2.27. The first-order valence-corrected chi connectivity index (χ1v) is 11.0. The fraction of sp³-hybridized carbons (Fsp3) is 0.500. The minimum atomic E-state index is -0.0201. The summed E-state index contributed by atoms with van der Waals surface area (Å²) in [5.41, 5.74) is 2.85. The van der Waals surface area contributed by atoms with Crippen molar-refractivity contribution in [1.29, 1.82) is 0 Å². The molecule has 1 amide bonds. The van der Waals surface area contributed by atoms with Crippen LogP contribution in [0.4, 0.5) is 5.82 Å². The molecule has 0 spiro atoms. The Morgan fingerprint density at radius 2 is 2.00 bits per heavy atom. The van der Waals surface area contributed by atoms with Gasteiger partial charge in [0.15, 0.2) is 5.16 Å². The molecule has 1 heterocycles. The summed E-state index contributed by atoms with van der Waals surface area (Å²) in [7, 11) is 2.07. The summed E-state index contributed by atoms with van der Waals surface area (Å²) < 4.78 is 0. The highest BCUT2D eigenvalue weighted by Gasteiger charge is 2.10. The summed E-state index contributed by atoms with van der Waals surface area (Å²) in [4.78, 5) is 23.8. The molecule has 5 nitrogen and oxygen atoms in total. The summed E-state index contributed by atoms with van der Waals surface area (Å²) in [5.74, 6) is 2.12. The van der Waals surface area contributed by atoms with Crippen LogP contribution in [0.3, 0.4) is 0 Å². The van der Waals surface area contributed by atoms with E-state index in [1.54, 1.807) is 11.8 Å². The van der Waals surface area contributed by atoms with Gasteiger partial charge in [-0.05, 0) is 36.5 Å². The maximum atomic E-state index is 12.3. The van der Waals surface area contributed by atoms with Gasteiger partial charge >= 0.3 is 0 Å². The molecule has 0 saturated heterocycles. The third kappa shape index (κ3) is 6.82. The number of aryl methyl sites for hydroxylation is 1. The van der Waals surface area contributed by atoms with Gasteiger partial charge in [-0.3, -0.25) is 4.79 Å². The molecular weight excluding hydrogens is 368 g/mol. The molecule has 0 radical (unpaired) electrons. The van der Waals surface area contributed by atoms with E-state index >= 15 is 0 Å². The zero-order valence-corrected chi connectivity index (χ0v) is 18.5. The van der Waals surface area contributed by atoms with Crippen molar-refractivity contribution < 1.29 is 4.79 Å². The zero-order chi connectivity index (χ0) is 20.5. The quantitative estimate of drug-likeness (QED) is 0.468. The minimum absolute atomic E-state index is 0.0201. The van der Waals surface area contributed by atoms with Gasteiger partial charge in [-0.1, -0.05) is 51.6 Å². The van der Waals surface area contributed by atoms with Gasteiger partial charge < -0.3 is 10.2 Å². The number of anilines is 1. The molecule has 6 heteroatoms. The highest BCUT2D eigenvalue weighted by Crippen LogP contribution is 2.23. The van der Waals surface area contributed by atoms with Crippen molar-refractivity contribution in [2.75, 3.05) is 25.0 Å². The Morgan fingerprint density at radius 1 is 1.21 bits per heavy atom. The Kier molecular flexibility index (Phi) is 8.77. The number of benzene rings is 1. The van der Waals surface area contributed by atoms with Gasteiger partial charge in [0, 0.05) is 43.2 Å². The molecular formula is C22H32N4OS. The second kappa shape index (κ2) is 11.1. The predicted molar refractivity (Wildman–Crippen MR) is 118 cm³/mol. The molecule has 152 valence electrons. The molecule has 2 aromatic rings. The van der Waals surface area contributed by atoms with E-state index in [-0.39, 0.29) is 5.91 Å². The van der Waals surface area contributed by atoms with Gasteiger partial charge in [-0.15, -0.1) is 0 Å². The molecule has 0 aliphatic rings. The molecule has 0 unspecified atom stereocenters. The Bertz CT molecular complexity index is 779. The number of carbonyl (C=O) groups is 1. The largest absolute Gasteiger partial charge is 0.360 e. The lowest BCUT2D eigenvalue weighted by atomic mass is 10.1. The smallest absolute Gasteiger partial charge is 0.251 e. The summed E-state index contributed by atoms with van der Waals surface area (Å²) in [5, 5.41) is 3.75. The van der Waals surface area contributed by atoms with E-state index in [4.69, 9.17) is 4.98 Å². The molecule has 1 aromatic carbocycles. The van der Waals surface area contributed by atoms with Crippen molar-refractivity contribution in [2.45, 2.75) is 51.4 Å². The van der Waals surface area contributed by atoms with E-state index in [9.17, 15) is 4.79 Å². The van der Waals surface area contributed by atoms with Crippen molar-refractivity contribution in [3.63, 3.8) is 0 Å². The van der Waals surface area contributed by atoms with Crippen molar-refractivity contribution >= 4 is 23.5 Å². The third-order valence-electron chi connectivity index (χ3n) is 4.29. The molecule has 28 heavy (non-hydrogen) atoms. The Morgan fingerprint density at radius 3 is 2.68 bits per heavy atom. The SMILES string of the molecule is CCCN(C)c1cc(CC)nc(SCc2cccc(C(=O)NCC(C)C)c2)n1. The van der Waals surface area contributed by atoms with Gasteiger partial charge in [-0.2, -0.15) is 0 Å². The van der Waals surface area contributed by atoms with Gasteiger partial charge in [0.1, 0.15) is 5.82 Å².